The molecule has 1 fully saturated rings. The average Bonchev–Trinajstić information content (AvgIpc) is 3.14. The van der Waals surface area contributed by atoms with Gasteiger partial charge in [0.15, 0.2) is 0 Å². The van der Waals surface area contributed by atoms with Crippen molar-refractivity contribution in [3.63, 3.8) is 0 Å². The zero-order valence-corrected chi connectivity index (χ0v) is 18.1. The summed E-state index contributed by atoms with van der Waals surface area (Å²) in [5.41, 5.74) is 16.8. The zero-order valence-electron chi connectivity index (χ0n) is 18.1. The molecule has 4 N–H and O–H groups in total. The largest absolute Gasteiger partial charge is 0.488 e. The summed E-state index contributed by atoms with van der Waals surface area (Å²) >= 11 is 0. The summed E-state index contributed by atoms with van der Waals surface area (Å²) in [4.78, 5) is 23.4. The van der Waals surface area contributed by atoms with E-state index in [1.165, 1.54) is 6.33 Å². The number of hydrogen-bond donors (Lipinski definition) is 2. The van der Waals surface area contributed by atoms with Crippen LogP contribution in [-0.2, 0) is 16.6 Å². The van der Waals surface area contributed by atoms with Gasteiger partial charge in [0.1, 0.15) is 17.9 Å². The van der Waals surface area contributed by atoms with Crippen LogP contribution in [0.25, 0.3) is 11.3 Å². The van der Waals surface area contributed by atoms with Gasteiger partial charge in [-0.1, -0.05) is 19.9 Å². The topological polar surface area (TPSA) is 107 Å². The second-order valence-electron chi connectivity index (χ2n) is 9.49. The van der Waals surface area contributed by atoms with E-state index in [1.807, 2.05) is 17.0 Å². The van der Waals surface area contributed by atoms with Gasteiger partial charge in [-0.05, 0) is 55.2 Å². The van der Waals surface area contributed by atoms with Crippen molar-refractivity contribution >= 4 is 17.4 Å². The number of nitrogens with two attached hydrogens (primary N) is 2. The molecule has 2 heterocycles. The summed E-state index contributed by atoms with van der Waals surface area (Å²) in [6.07, 6.45) is 9.67. The molecule has 1 saturated carbocycles. The number of anilines is 2. The fraction of sp³-hybridized carbons (Fsp3) is 0.458. The molecule has 0 unspecified atom stereocenters. The smallest absolute Gasteiger partial charge is 0.251 e. The summed E-state index contributed by atoms with van der Waals surface area (Å²) in [6, 6.07) is 4.29. The first-order valence-electron chi connectivity index (χ1n) is 11.0. The molecule has 0 bridgehead atoms. The van der Waals surface area contributed by atoms with Gasteiger partial charge in [-0.15, -0.1) is 0 Å². The molecule has 162 valence electrons. The molecule has 31 heavy (non-hydrogen) atoms. The fourth-order valence-corrected chi connectivity index (χ4v) is 5.23. The quantitative estimate of drug-likeness (QED) is 0.792. The lowest BCUT2D eigenvalue weighted by Crippen LogP contribution is -2.34. The molecular formula is C24H29N5O2. The van der Waals surface area contributed by atoms with E-state index in [2.05, 4.69) is 29.9 Å². The molecule has 0 atom stereocenters. The van der Waals surface area contributed by atoms with Crippen LogP contribution in [0.5, 0.6) is 5.75 Å². The summed E-state index contributed by atoms with van der Waals surface area (Å²) in [6.45, 7) is 4.84. The number of rotatable bonds is 3. The predicted molar refractivity (Wildman–Crippen MR) is 121 cm³/mol. The second kappa shape index (κ2) is 7.34. The number of nitrogens with zero attached hydrogens (tertiary/aromatic N) is 3. The van der Waals surface area contributed by atoms with Gasteiger partial charge in [-0.2, -0.15) is 0 Å². The summed E-state index contributed by atoms with van der Waals surface area (Å²) < 4.78 is 6.51. The van der Waals surface area contributed by atoms with Gasteiger partial charge < -0.3 is 21.1 Å². The SMILES string of the molecule is CC1(C)Cc2c(ccc(OC3CCC(N)CC3)c2N2CC=CC2=O)-c2ncnc(N)c21. The molecular weight excluding hydrogens is 390 g/mol. The number of aromatic nitrogens is 2. The number of fused-ring (bicyclic) bond motifs is 3. The lowest BCUT2D eigenvalue weighted by Gasteiger charge is -2.37. The summed E-state index contributed by atoms with van der Waals surface area (Å²) in [7, 11) is 0. The highest BCUT2D eigenvalue weighted by atomic mass is 16.5. The summed E-state index contributed by atoms with van der Waals surface area (Å²) in [5, 5.41) is 0. The number of carbonyl (C=O) groups excluding carboxylic acids is 1. The molecule has 7 nitrogen and oxygen atoms in total. The van der Waals surface area contributed by atoms with Crippen molar-refractivity contribution < 1.29 is 9.53 Å². The molecule has 1 amide bonds. The Kier molecular flexibility index (Phi) is 4.73. The van der Waals surface area contributed by atoms with Gasteiger partial charge >= 0.3 is 0 Å². The molecule has 0 spiro atoms. The van der Waals surface area contributed by atoms with Gasteiger partial charge in [0.25, 0.3) is 5.91 Å². The molecule has 2 aromatic rings. The third-order valence-electron chi connectivity index (χ3n) is 6.77. The molecule has 1 aromatic heterocycles. The predicted octanol–water partition coefficient (Wildman–Crippen LogP) is 3.11. The number of ether oxygens (including phenoxy) is 1. The highest BCUT2D eigenvalue weighted by Crippen LogP contribution is 2.50. The standard InChI is InChI=1S/C24H29N5O2/c1-24(2)12-17-16(21-20(24)23(26)28-13-27-21)9-10-18(22(17)29-11-3-4-19(29)30)31-15-7-5-14(25)6-8-15/h3-4,9-10,13-15H,5-8,11-12,25H2,1-2H3,(H2,26,27,28). The molecule has 0 radical (unpaired) electrons. The first-order valence-corrected chi connectivity index (χ1v) is 11.0. The highest BCUT2D eigenvalue weighted by molar-refractivity contribution is 6.06. The van der Waals surface area contributed by atoms with E-state index in [0.29, 0.717) is 12.4 Å². The Balaban J connectivity index is 1.65. The molecule has 0 saturated heterocycles. The lowest BCUT2D eigenvalue weighted by molar-refractivity contribution is -0.113. The Bertz CT molecular complexity index is 1070. The second-order valence-corrected chi connectivity index (χ2v) is 9.49. The minimum atomic E-state index is -0.269. The third-order valence-corrected chi connectivity index (χ3v) is 6.77. The van der Waals surface area contributed by atoms with Crippen LogP contribution in [0.3, 0.4) is 0 Å². The van der Waals surface area contributed by atoms with Crippen molar-refractivity contribution in [1.29, 1.82) is 0 Å². The molecule has 1 aliphatic heterocycles. The molecule has 5 rings (SSSR count). The van der Waals surface area contributed by atoms with E-state index < -0.39 is 0 Å². The van der Waals surface area contributed by atoms with Crippen molar-refractivity contribution in [2.24, 2.45) is 5.73 Å². The van der Waals surface area contributed by atoms with E-state index in [-0.39, 0.29) is 23.5 Å². The van der Waals surface area contributed by atoms with E-state index >= 15 is 0 Å². The van der Waals surface area contributed by atoms with Crippen molar-refractivity contribution in [2.45, 2.75) is 63.5 Å². The van der Waals surface area contributed by atoms with Crippen LogP contribution in [-0.4, -0.2) is 34.6 Å². The maximum atomic E-state index is 12.7. The number of hydrogen-bond acceptors (Lipinski definition) is 6. The fourth-order valence-electron chi connectivity index (χ4n) is 5.23. The van der Waals surface area contributed by atoms with E-state index in [9.17, 15) is 4.79 Å². The lowest BCUT2D eigenvalue weighted by atomic mass is 9.71. The molecule has 3 aliphatic rings. The Morgan fingerprint density at radius 2 is 1.94 bits per heavy atom. The monoisotopic (exact) mass is 419 g/mol. The number of nitrogen functional groups attached to an aromatic ring is 1. The van der Waals surface area contributed by atoms with Gasteiger partial charge in [0, 0.05) is 29.8 Å². The number of amides is 1. The summed E-state index contributed by atoms with van der Waals surface area (Å²) in [5.74, 6) is 1.26. The Morgan fingerprint density at radius 1 is 1.16 bits per heavy atom. The van der Waals surface area contributed by atoms with Crippen LogP contribution in [0.1, 0.15) is 50.7 Å². The first kappa shape index (κ1) is 20.0. The van der Waals surface area contributed by atoms with E-state index in [4.69, 9.17) is 16.2 Å². The Labute approximate surface area is 182 Å². The molecule has 2 aliphatic carbocycles. The van der Waals surface area contributed by atoms with Crippen molar-refractivity contribution in [2.75, 3.05) is 17.2 Å². The molecule has 1 aromatic carbocycles. The van der Waals surface area contributed by atoms with Crippen molar-refractivity contribution in [3.8, 4) is 17.0 Å². The zero-order chi connectivity index (χ0) is 21.8. The third kappa shape index (κ3) is 3.37. The maximum Gasteiger partial charge on any atom is 0.251 e. The van der Waals surface area contributed by atoms with Crippen LogP contribution in [0.15, 0.2) is 30.6 Å². The van der Waals surface area contributed by atoms with Crippen LogP contribution in [0, 0.1) is 0 Å². The van der Waals surface area contributed by atoms with Crippen LogP contribution in [0.4, 0.5) is 11.5 Å². The minimum absolute atomic E-state index is 0.0188. The van der Waals surface area contributed by atoms with Crippen molar-refractivity contribution in [3.05, 3.63) is 41.7 Å². The van der Waals surface area contributed by atoms with Gasteiger partial charge in [-0.25, -0.2) is 9.97 Å². The van der Waals surface area contributed by atoms with E-state index in [1.54, 1.807) is 6.08 Å². The first-order chi connectivity index (χ1) is 14.8. The Hall–Kier alpha value is -2.93. The van der Waals surface area contributed by atoms with Gasteiger partial charge in [-0.3, -0.25) is 4.79 Å². The van der Waals surface area contributed by atoms with Crippen LogP contribution in [0.2, 0.25) is 0 Å². The van der Waals surface area contributed by atoms with Gasteiger partial charge in [0.05, 0.1) is 17.5 Å². The number of benzene rings is 1. The minimum Gasteiger partial charge on any atom is -0.488 e. The Morgan fingerprint density at radius 3 is 2.65 bits per heavy atom. The molecule has 7 heteroatoms. The number of carbonyl (C=O) groups is 1. The highest BCUT2D eigenvalue weighted by Gasteiger charge is 2.38. The van der Waals surface area contributed by atoms with Gasteiger partial charge in [0.2, 0.25) is 0 Å². The van der Waals surface area contributed by atoms with Crippen LogP contribution < -0.4 is 21.1 Å². The maximum absolute atomic E-state index is 12.7. The average molecular weight is 420 g/mol. The van der Waals surface area contributed by atoms with Crippen LogP contribution >= 0.6 is 0 Å². The van der Waals surface area contributed by atoms with E-state index in [0.717, 1.165) is 65.9 Å². The normalized spacial score (nSPS) is 24.1. The van der Waals surface area contributed by atoms with Crippen molar-refractivity contribution in [1.82, 2.24) is 9.97 Å².